The largest absolute Gasteiger partial charge is 0.522 e. The number of rotatable bonds is 0. The van der Waals surface area contributed by atoms with Gasteiger partial charge in [-0.15, -0.1) is 13.2 Å². The lowest BCUT2D eigenvalue weighted by molar-refractivity contribution is -0.0510. The molecule has 0 aliphatic carbocycles. The van der Waals surface area contributed by atoms with Crippen LogP contribution < -0.4 is 0 Å². The van der Waals surface area contributed by atoms with E-state index in [2.05, 4.69) is 13.2 Å². The van der Waals surface area contributed by atoms with E-state index in [0.29, 0.717) is 0 Å². The summed E-state index contributed by atoms with van der Waals surface area (Å²) in [5, 5.41) is 0. The van der Waals surface area contributed by atoms with Crippen molar-refractivity contribution in [3.63, 3.8) is 0 Å². The molecule has 0 aromatic rings. The first-order chi connectivity index (χ1) is 4.25. The zero-order valence-corrected chi connectivity index (χ0v) is 5.54. The van der Waals surface area contributed by atoms with Gasteiger partial charge in [0, 0.05) is 0 Å². The predicted molar refractivity (Wildman–Crippen MR) is 28.9 cm³/mol. The Hall–Kier alpha value is -0.560. The standard InChI is InChI=1S/C2H4.CHF3O3S/c1-2;2-1(3,4)8(5,6)7/h1-2H2;(H,5,6,7). The van der Waals surface area contributed by atoms with E-state index in [0.717, 1.165) is 0 Å². The maximum absolute atomic E-state index is 10.7. The molecule has 0 rings (SSSR count). The Morgan fingerprint density at radius 2 is 1.30 bits per heavy atom. The van der Waals surface area contributed by atoms with E-state index in [9.17, 15) is 13.2 Å². The van der Waals surface area contributed by atoms with Crippen LogP contribution in [0.1, 0.15) is 0 Å². The Balaban J connectivity index is 0. The van der Waals surface area contributed by atoms with Crippen molar-refractivity contribution in [2.24, 2.45) is 0 Å². The first kappa shape index (κ1) is 12.1. The van der Waals surface area contributed by atoms with E-state index < -0.39 is 15.6 Å². The van der Waals surface area contributed by atoms with Crippen molar-refractivity contribution in [1.29, 1.82) is 0 Å². The van der Waals surface area contributed by atoms with Gasteiger partial charge >= 0.3 is 15.6 Å². The Labute approximate surface area is 55.9 Å². The quantitative estimate of drug-likeness (QED) is 0.344. The van der Waals surface area contributed by atoms with Gasteiger partial charge in [-0.1, -0.05) is 0 Å². The monoisotopic (exact) mass is 178 g/mol. The summed E-state index contributed by atoms with van der Waals surface area (Å²) in [5.74, 6) is 0. The molecule has 0 spiro atoms. The third-order valence-electron chi connectivity index (χ3n) is 0.292. The molecule has 0 aromatic carbocycles. The summed E-state index contributed by atoms with van der Waals surface area (Å²) in [5.41, 5.74) is -5.53. The van der Waals surface area contributed by atoms with Crippen molar-refractivity contribution < 1.29 is 26.1 Å². The molecule has 0 saturated heterocycles. The van der Waals surface area contributed by atoms with Gasteiger partial charge < -0.3 is 0 Å². The molecule has 7 heteroatoms. The summed E-state index contributed by atoms with van der Waals surface area (Å²) in [6.07, 6.45) is 0. The molecule has 10 heavy (non-hydrogen) atoms. The van der Waals surface area contributed by atoms with Gasteiger partial charge in [0.2, 0.25) is 0 Å². The Morgan fingerprint density at radius 1 is 1.20 bits per heavy atom. The van der Waals surface area contributed by atoms with Crippen LogP contribution in [0.15, 0.2) is 13.2 Å². The third kappa shape index (κ3) is 4.33. The van der Waals surface area contributed by atoms with Crippen molar-refractivity contribution in [3.8, 4) is 0 Å². The van der Waals surface area contributed by atoms with E-state index in [1.165, 1.54) is 0 Å². The van der Waals surface area contributed by atoms with Crippen LogP contribution in [0.5, 0.6) is 0 Å². The second-order valence-electron chi connectivity index (χ2n) is 0.921. The lowest BCUT2D eigenvalue weighted by Gasteiger charge is -1.97. The summed E-state index contributed by atoms with van der Waals surface area (Å²) in [6, 6.07) is 0. The smallest absolute Gasteiger partial charge is 0.279 e. The van der Waals surface area contributed by atoms with Gasteiger partial charge in [0.25, 0.3) is 0 Å². The molecule has 62 valence electrons. The molecule has 0 aliphatic heterocycles. The van der Waals surface area contributed by atoms with Gasteiger partial charge in [-0.2, -0.15) is 21.6 Å². The molecule has 3 nitrogen and oxygen atoms in total. The Morgan fingerprint density at radius 3 is 1.30 bits per heavy atom. The zero-order valence-electron chi connectivity index (χ0n) is 4.72. The summed E-state index contributed by atoms with van der Waals surface area (Å²) in [7, 11) is -5.84. The predicted octanol–water partition coefficient (Wildman–Crippen LogP) is 1.20. The molecular weight excluding hydrogens is 173 g/mol. The molecule has 0 aromatic heterocycles. The lowest BCUT2D eigenvalue weighted by atomic mass is 11.3. The minimum Gasteiger partial charge on any atom is -0.279 e. The van der Waals surface area contributed by atoms with Gasteiger partial charge in [0.1, 0.15) is 0 Å². The van der Waals surface area contributed by atoms with E-state index in [4.69, 9.17) is 13.0 Å². The number of alkyl halides is 3. The maximum atomic E-state index is 10.7. The Kier molecular flexibility index (Phi) is 4.34. The van der Waals surface area contributed by atoms with Crippen molar-refractivity contribution >= 4 is 10.1 Å². The molecule has 0 bridgehead atoms. The minimum absolute atomic E-state index is 3.00. The van der Waals surface area contributed by atoms with Gasteiger partial charge in [-0.3, -0.25) is 4.55 Å². The van der Waals surface area contributed by atoms with Crippen molar-refractivity contribution in [1.82, 2.24) is 0 Å². The molecule has 0 aliphatic rings. The summed E-state index contributed by atoms with van der Waals surface area (Å²) >= 11 is 0. The van der Waals surface area contributed by atoms with Gasteiger partial charge in [-0.25, -0.2) is 0 Å². The minimum atomic E-state index is -5.84. The number of halogens is 3. The first-order valence-corrected chi connectivity index (χ1v) is 3.23. The second-order valence-corrected chi connectivity index (χ2v) is 2.33. The molecule has 0 atom stereocenters. The van der Waals surface area contributed by atoms with Crippen LogP contribution in [-0.4, -0.2) is 18.5 Å². The SMILES string of the molecule is C=C.O=S(=O)(O)C(F)(F)F. The summed E-state index contributed by atoms with van der Waals surface area (Å²) < 4.78 is 57.5. The maximum Gasteiger partial charge on any atom is 0.522 e. The van der Waals surface area contributed by atoms with Crippen LogP contribution in [-0.2, 0) is 10.1 Å². The summed E-state index contributed by atoms with van der Waals surface area (Å²) in [6.45, 7) is 6.00. The van der Waals surface area contributed by atoms with Crippen molar-refractivity contribution in [2.75, 3.05) is 0 Å². The molecule has 0 radical (unpaired) electrons. The lowest BCUT2D eigenvalue weighted by Crippen LogP contribution is -2.21. The molecular formula is C3H5F3O3S. The molecule has 1 N–H and O–H groups in total. The zero-order chi connectivity index (χ0) is 9.00. The van der Waals surface area contributed by atoms with E-state index in [1.54, 1.807) is 0 Å². The average Bonchev–Trinajstić information content (AvgIpc) is 1.66. The van der Waals surface area contributed by atoms with Crippen LogP contribution in [0, 0.1) is 0 Å². The molecule has 0 fully saturated rings. The average molecular weight is 178 g/mol. The van der Waals surface area contributed by atoms with E-state index >= 15 is 0 Å². The first-order valence-electron chi connectivity index (χ1n) is 1.79. The van der Waals surface area contributed by atoms with Crippen molar-refractivity contribution in [3.05, 3.63) is 13.2 Å². The number of hydrogen-bond donors (Lipinski definition) is 1. The fraction of sp³-hybridized carbons (Fsp3) is 0.333. The van der Waals surface area contributed by atoms with Gasteiger partial charge in [0.05, 0.1) is 0 Å². The van der Waals surface area contributed by atoms with Crippen LogP contribution in [0.25, 0.3) is 0 Å². The van der Waals surface area contributed by atoms with Crippen LogP contribution in [0.3, 0.4) is 0 Å². The summed E-state index contributed by atoms with van der Waals surface area (Å²) in [4.78, 5) is 0. The molecule has 0 unspecified atom stereocenters. The molecule has 0 amide bonds. The second kappa shape index (κ2) is 3.57. The van der Waals surface area contributed by atoms with Crippen LogP contribution in [0.4, 0.5) is 13.2 Å². The molecule has 0 saturated carbocycles. The van der Waals surface area contributed by atoms with Gasteiger partial charge in [-0.05, 0) is 0 Å². The van der Waals surface area contributed by atoms with Crippen LogP contribution >= 0.6 is 0 Å². The fourth-order valence-corrected chi connectivity index (χ4v) is 0. The third-order valence-corrected chi connectivity index (χ3v) is 0.877. The van der Waals surface area contributed by atoms with Crippen LogP contribution in [0.2, 0.25) is 0 Å². The fourth-order valence-electron chi connectivity index (χ4n) is 0. The highest BCUT2D eigenvalue weighted by Crippen LogP contribution is 2.20. The highest BCUT2D eigenvalue weighted by Gasteiger charge is 2.44. The van der Waals surface area contributed by atoms with E-state index in [-0.39, 0.29) is 0 Å². The highest BCUT2D eigenvalue weighted by molar-refractivity contribution is 7.86. The van der Waals surface area contributed by atoms with E-state index in [1.807, 2.05) is 0 Å². The topological polar surface area (TPSA) is 54.4 Å². The van der Waals surface area contributed by atoms with Crippen molar-refractivity contribution in [2.45, 2.75) is 5.51 Å². The highest BCUT2D eigenvalue weighted by atomic mass is 32.2. The molecule has 0 heterocycles. The Bertz CT molecular complexity index is 180. The van der Waals surface area contributed by atoms with Gasteiger partial charge in [0.15, 0.2) is 0 Å². The number of hydrogen-bond acceptors (Lipinski definition) is 2. The normalized spacial score (nSPS) is 11.6.